The largest absolute Gasteiger partial charge is 0.339 e. The maximum absolute atomic E-state index is 13.8. The van der Waals surface area contributed by atoms with Gasteiger partial charge in [-0.3, -0.25) is 9.59 Å². The molecule has 0 aromatic heterocycles. The Morgan fingerprint density at radius 1 is 1.52 bits per heavy atom. The van der Waals surface area contributed by atoms with Gasteiger partial charge in [0.1, 0.15) is 11.9 Å². The SMILES string of the molecule is CN(Cc1c(F)cccc1Cl)C(=O)C1CCCC(=O)N1C. The van der Waals surface area contributed by atoms with E-state index in [1.807, 2.05) is 0 Å². The summed E-state index contributed by atoms with van der Waals surface area (Å²) in [5.41, 5.74) is 0.291. The third-order valence-electron chi connectivity index (χ3n) is 3.85. The molecule has 1 fully saturated rings. The number of amides is 2. The van der Waals surface area contributed by atoms with E-state index < -0.39 is 11.9 Å². The highest BCUT2D eigenvalue weighted by molar-refractivity contribution is 6.31. The summed E-state index contributed by atoms with van der Waals surface area (Å²) in [5, 5.41) is 0.294. The van der Waals surface area contributed by atoms with Gasteiger partial charge in [-0.25, -0.2) is 4.39 Å². The van der Waals surface area contributed by atoms with Crippen molar-refractivity contribution in [2.45, 2.75) is 31.8 Å². The molecule has 2 amide bonds. The van der Waals surface area contributed by atoms with E-state index in [0.29, 0.717) is 29.8 Å². The van der Waals surface area contributed by atoms with Gasteiger partial charge in [0.25, 0.3) is 0 Å². The van der Waals surface area contributed by atoms with Crippen LogP contribution in [0.15, 0.2) is 18.2 Å². The summed E-state index contributed by atoms with van der Waals surface area (Å²) in [6, 6.07) is 3.96. The van der Waals surface area contributed by atoms with Crippen LogP contribution in [0, 0.1) is 5.82 Å². The van der Waals surface area contributed by atoms with E-state index in [1.54, 1.807) is 20.2 Å². The summed E-state index contributed by atoms with van der Waals surface area (Å²) < 4.78 is 13.8. The summed E-state index contributed by atoms with van der Waals surface area (Å²) in [5.74, 6) is -0.656. The van der Waals surface area contributed by atoms with Crippen LogP contribution in [-0.4, -0.2) is 41.8 Å². The van der Waals surface area contributed by atoms with Gasteiger partial charge in [0.2, 0.25) is 11.8 Å². The summed E-state index contributed by atoms with van der Waals surface area (Å²) >= 11 is 5.97. The minimum absolute atomic E-state index is 0.0306. The molecule has 1 aliphatic rings. The van der Waals surface area contributed by atoms with Gasteiger partial charge < -0.3 is 9.80 Å². The molecule has 1 aromatic carbocycles. The number of carbonyl (C=O) groups is 2. The molecule has 2 rings (SSSR count). The summed E-state index contributed by atoms with van der Waals surface area (Å²) in [7, 11) is 3.23. The highest BCUT2D eigenvalue weighted by atomic mass is 35.5. The van der Waals surface area contributed by atoms with E-state index in [-0.39, 0.29) is 18.4 Å². The van der Waals surface area contributed by atoms with Crippen LogP contribution >= 0.6 is 11.6 Å². The number of likely N-dealkylation sites (tertiary alicyclic amines) is 1. The van der Waals surface area contributed by atoms with Crippen molar-refractivity contribution in [3.05, 3.63) is 34.6 Å². The Bertz CT molecular complexity index is 544. The van der Waals surface area contributed by atoms with E-state index >= 15 is 0 Å². The van der Waals surface area contributed by atoms with Crippen LogP contribution in [-0.2, 0) is 16.1 Å². The zero-order valence-corrected chi connectivity index (χ0v) is 12.9. The number of carbonyl (C=O) groups excluding carboxylic acids is 2. The topological polar surface area (TPSA) is 40.6 Å². The lowest BCUT2D eigenvalue weighted by atomic mass is 10.0. The Morgan fingerprint density at radius 3 is 2.90 bits per heavy atom. The molecular formula is C15H18ClFN2O2. The highest BCUT2D eigenvalue weighted by Crippen LogP contribution is 2.22. The number of hydrogen-bond acceptors (Lipinski definition) is 2. The van der Waals surface area contributed by atoms with Crippen molar-refractivity contribution in [2.24, 2.45) is 0 Å². The molecule has 1 unspecified atom stereocenters. The summed E-state index contributed by atoms with van der Waals surface area (Å²) in [6.45, 7) is 0.0862. The molecule has 0 aliphatic carbocycles. The third-order valence-corrected chi connectivity index (χ3v) is 4.20. The Kier molecular flexibility index (Phi) is 4.83. The summed E-state index contributed by atoms with van der Waals surface area (Å²) in [6.07, 6.45) is 1.81. The van der Waals surface area contributed by atoms with Gasteiger partial charge >= 0.3 is 0 Å². The highest BCUT2D eigenvalue weighted by Gasteiger charge is 2.32. The molecule has 0 spiro atoms. The number of rotatable bonds is 3. The number of likely N-dealkylation sites (N-methyl/N-ethyl adjacent to an activating group) is 2. The quantitative estimate of drug-likeness (QED) is 0.860. The van der Waals surface area contributed by atoms with Crippen LogP contribution in [0.1, 0.15) is 24.8 Å². The third kappa shape index (κ3) is 3.35. The first-order valence-corrected chi connectivity index (χ1v) is 7.23. The normalized spacial score (nSPS) is 18.8. The molecule has 1 aromatic rings. The molecule has 0 N–H and O–H groups in total. The monoisotopic (exact) mass is 312 g/mol. The lowest BCUT2D eigenvalue weighted by Crippen LogP contribution is -2.50. The number of hydrogen-bond donors (Lipinski definition) is 0. The predicted molar refractivity (Wildman–Crippen MR) is 78.3 cm³/mol. The second-order valence-electron chi connectivity index (χ2n) is 5.31. The van der Waals surface area contributed by atoms with Crippen molar-refractivity contribution in [1.29, 1.82) is 0 Å². The van der Waals surface area contributed by atoms with Gasteiger partial charge in [-0.15, -0.1) is 0 Å². The second-order valence-corrected chi connectivity index (χ2v) is 5.71. The lowest BCUT2D eigenvalue weighted by Gasteiger charge is -2.34. The molecular weight excluding hydrogens is 295 g/mol. The van der Waals surface area contributed by atoms with Crippen molar-refractivity contribution in [1.82, 2.24) is 9.80 Å². The average molecular weight is 313 g/mol. The molecule has 114 valence electrons. The maximum atomic E-state index is 13.8. The Morgan fingerprint density at radius 2 is 2.24 bits per heavy atom. The second kappa shape index (κ2) is 6.43. The van der Waals surface area contributed by atoms with Crippen molar-refractivity contribution < 1.29 is 14.0 Å². The first-order valence-electron chi connectivity index (χ1n) is 6.85. The molecule has 0 saturated carbocycles. The number of nitrogens with zero attached hydrogens (tertiary/aromatic N) is 2. The van der Waals surface area contributed by atoms with Crippen LogP contribution in [0.4, 0.5) is 4.39 Å². The molecule has 4 nitrogen and oxygen atoms in total. The van der Waals surface area contributed by atoms with Crippen LogP contribution in [0.25, 0.3) is 0 Å². The maximum Gasteiger partial charge on any atom is 0.245 e. The number of benzene rings is 1. The van der Waals surface area contributed by atoms with E-state index in [4.69, 9.17) is 11.6 Å². The molecule has 21 heavy (non-hydrogen) atoms. The van der Waals surface area contributed by atoms with Crippen molar-refractivity contribution >= 4 is 23.4 Å². The minimum Gasteiger partial charge on any atom is -0.339 e. The minimum atomic E-state index is -0.471. The van der Waals surface area contributed by atoms with Crippen molar-refractivity contribution in [3.63, 3.8) is 0 Å². The van der Waals surface area contributed by atoms with E-state index in [1.165, 1.54) is 21.9 Å². The van der Waals surface area contributed by atoms with Gasteiger partial charge in [0, 0.05) is 37.6 Å². The predicted octanol–water partition coefficient (Wildman–Crippen LogP) is 2.45. The first-order chi connectivity index (χ1) is 9.91. The van der Waals surface area contributed by atoms with E-state index in [0.717, 1.165) is 0 Å². The molecule has 6 heteroatoms. The standard InChI is InChI=1S/C15H18ClFN2O2/c1-18(9-10-11(16)5-3-6-12(10)17)15(21)13-7-4-8-14(20)19(13)2/h3,5-6,13H,4,7-9H2,1-2H3. The van der Waals surface area contributed by atoms with Gasteiger partial charge in [-0.1, -0.05) is 17.7 Å². The molecule has 1 aliphatic heterocycles. The Hall–Kier alpha value is -1.62. The molecule has 1 heterocycles. The van der Waals surface area contributed by atoms with Crippen LogP contribution in [0.2, 0.25) is 5.02 Å². The van der Waals surface area contributed by atoms with Crippen molar-refractivity contribution in [2.75, 3.05) is 14.1 Å². The molecule has 1 atom stereocenters. The zero-order valence-electron chi connectivity index (χ0n) is 12.1. The fourth-order valence-corrected chi connectivity index (χ4v) is 2.76. The Labute approximate surface area is 128 Å². The number of piperidine rings is 1. The van der Waals surface area contributed by atoms with Gasteiger partial charge in [0.05, 0.1) is 0 Å². The van der Waals surface area contributed by atoms with E-state index in [2.05, 4.69) is 0 Å². The molecule has 0 radical (unpaired) electrons. The van der Waals surface area contributed by atoms with Crippen LogP contribution in [0.3, 0.4) is 0 Å². The fourth-order valence-electron chi connectivity index (χ4n) is 2.53. The van der Waals surface area contributed by atoms with Crippen LogP contribution in [0.5, 0.6) is 0 Å². The zero-order chi connectivity index (χ0) is 15.6. The van der Waals surface area contributed by atoms with Gasteiger partial charge in [0.15, 0.2) is 0 Å². The Balaban J connectivity index is 2.11. The molecule has 1 saturated heterocycles. The smallest absolute Gasteiger partial charge is 0.245 e. The van der Waals surface area contributed by atoms with Gasteiger partial charge in [-0.05, 0) is 25.0 Å². The number of halogens is 2. The lowest BCUT2D eigenvalue weighted by molar-refractivity contribution is -0.146. The summed E-state index contributed by atoms with van der Waals surface area (Å²) in [4.78, 5) is 27.0. The van der Waals surface area contributed by atoms with E-state index in [9.17, 15) is 14.0 Å². The van der Waals surface area contributed by atoms with Crippen molar-refractivity contribution in [3.8, 4) is 0 Å². The van der Waals surface area contributed by atoms with Crippen LogP contribution < -0.4 is 0 Å². The first kappa shape index (κ1) is 15.8. The fraction of sp³-hybridized carbons (Fsp3) is 0.467. The van der Waals surface area contributed by atoms with Gasteiger partial charge in [-0.2, -0.15) is 0 Å². The molecule has 0 bridgehead atoms. The average Bonchev–Trinajstić information content (AvgIpc) is 2.45.